The van der Waals surface area contributed by atoms with E-state index in [1.54, 1.807) is 0 Å². The number of ketones is 1. The summed E-state index contributed by atoms with van der Waals surface area (Å²) in [6, 6.07) is 1.99. The third-order valence-corrected chi connectivity index (χ3v) is 6.72. The number of β-lactam (4-membered cyclic amide) rings is 1. The summed E-state index contributed by atoms with van der Waals surface area (Å²) < 4.78 is 0. The van der Waals surface area contributed by atoms with E-state index in [-0.39, 0.29) is 74.6 Å². The van der Waals surface area contributed by atoms with Gasteiger partial charge >= 0.3 is 29.6 Å². The molecule has 2 atom stereocenters. The van der Waals surface area contributed by atoms with Crippen LogP contribution in [0.3, 0.4) is 0 Å². The van der Waals surface area contributed by atoms with Crippen molar-refractivity contribution in [1.29, 1.82) is 0 Å². The number of thioether (sulfide) groups is 2. The number of nitrogens with one attached hydrogen (secondary N) is 1. The van der Waals surface area contributed by atoms with Gasteiger partial charge < -0.3 is 25.9 Å². The standard InChI is InChI=1S/C16H15ClN4O6S2.Na.H2O/c1-7(22)4-10(23)18-12-14(24)20-13(16(25)26)8(6-29-15(12)20)5-28-11-3-2-9(17)19-21(11)27;;/h2-3,12,15H,4-6H2,1H3,(H,18,23)(H,25,26);;1H2/q;+1;/p-1/t12?,15-;;/m0../s1. The first-order valence-corrected chi connectivity index (χ1v) is 10.7. The molecule has 1 saturated heterocycles. The molecule has 0 spiro atoms. The minimum atomic E-state index is -1.52. The molecule has 0 aliphatic carbocycles. The number of hydrogen-bond donors (Lipinski definition) is 1. The third-order valence-electron chi connectivity index (χ3n) is 4.10. The summed E-state index contributed by atoms with van der Waals surface area (Å²) >= 11 is 7.96. The Morgan fingerprint density at radius 3 is 2.68 bits per heavy atom. The van der Waals surface area contributed by atoms with Crippen LogP contribution >= 0.6 is 35.1 Å². The van der Waals surface area contributed by atoms with Crippen LogP contribution in [0.2, 0.25) is 5.15 Å². The van der Waals surface area contributed by atoms with E-state index >= 15 is 0 Å². The second-order valence-electron chi connectivity index (χ2n) is 6.23. The number of nitrogens with zero attached hydrogens (tertiary/aromatic N) is 3. The summed E-state index contributed by atoms with van der Waals surface area (Å²) in [5.41, 5.74) is 0.149. The maximum absolute atomic E-state index is 12.4. The van der Waals surface area contributed by atoms with Crippen LogP contribution in [0.5, 0.6) is 0 Å². The molecule has 11 nitrogen and oxygen atoms in total. The van der Waals surface area contributed by atoms with Crippen molar-refractivity contribution in [2.45, 2.75) is 29.8 Å². The first-order valence-electron chi connectivity index (χ1n) is 8.25. The van der Waals surface area contributed by atoms with Gasteiger partial charge in [0.05, 0.1) is 18.1 Å². The molecule has 2 aliphatic rings. The Bertz CT molecular complexity index is 949. The summed E-state index contributed by atoms with van der Waals surface area (Å²) in [5, 5.41) is 29.1. The number of aliphatic carboxylic acids is 1. The number of rotatable bonds is 7. The Balaban J connectivity index is 0.00000240. The number of fused-ring (bicyclic) bond motifs is 1. The van der Waals surface area contributed by atoms with Gasteiger partial charge in [0.15, 0.2) is 5.15 Å². The molecule has 1 unspecified atom stereocenters. The molecule has 3 heterocycles. The zero-order valence-corrected chi connectivity index (χ0v) is 20.8. The summed E-state index contributed by atoms with van der Waals surface area (Å²) in [6.07, 6.45) is -0.351. The number of hydrogen-bond acceptors (Lipinski definition) is 9. The zero-order chi connectivity index (χ0) is 21.3. The second kappa shape index (κ2) is 11.5. The fraction of sp³-hybridized carbons (Fsp3) is 0.375. The molecule has 2 amide bonds. The smallest absolute Gasteiger partial charge is 0.593 e. The van der Waals surface area contributed by atoms with Crippen LogP contribution in [0.25, 0.3) is 0 Å². The van der Waals surface area contributed by atoms with Gasteiger partial charge in [-0.15, -0.1) is 11.8 Å². The van der Waals surface area contributed by atoms with E-state index in [0.717, 1.165) is 16.7 Å². The van der Waals surface area contributed by atoms with Crippen LogP contribution in [-0.2, 0) is 19.2 Å². The van der Waals surface area contributed by atoms with Crippen LogP contribution in [0, 0.1) is 5.21 Å². The monoisotopic (exact) mass is 498 g/mol. The number of aromatic nitrogens is 2. The van der Waals surface area contributed by atoms with E-state index in [9.17, 15) is 29.5 Å². The molecule has 1 aromatic rings. The van der Waals surface area contributed by atoms with Crippen LogP contribution in [-0.4, -0.2) is 62.0 Å². The number of halogens is 1. The van der Waals surface area contributed by atoms with Crippen molar-refractivity contribution in [3.63, 3.8) is 0 Å². The number of carboxylic acid groups (broad SMARTS) is 1. The van der Waals surface area contributed by atoms with Crippen molar-refractivity contribution in [3.05, 3.63) is 33.8 Å². The third kappa shape index (κ3) is 6.12. The predicted molar refractivity (Wildman–Crippen MR) is 105 cm³/mol. The van der Waals surface area contributed by atoms with E-state index in [4.69, 9.17) is 11.6 Å². The molecule has 1 aromatic heterocycles. The summed E-state index contributed by atoms with van der Waals surface area (Å²) in [5.74, 6) is -2.65. The molecule has 3 rings (SSSR count). The van der Waals surface area contributed by atoms with Gasteiger partial charge in [-0.05, 0) is 35.2 Å². The molecule has 2 aliphatic heterocycles. The molecule has 0 radical (unpaired) electrons. The van der Waals surface area contributed by atoms with Crippen molar-refractivity contribution < 1.29 is 64.2 Å². The molecule has 15 heteroatoms. The minimum Gasteiger partial charge on any atom is -0.593 e. The van der Waals surface area contributed by atoms with Gasteiger partial charge in [0.25, 0.3) is 10.9 Å². The number of carbonyl (C=O) groups excluding carboxylic acids is 4. The first-order chi connectivity index (χ1) is 13.7. The Hall–Kier alpha value is -1.35. The molecule has 0 saturated carbocycles. The molecule has 0 aromatic carbocycles. The summed E-state index contributed by atoms with van der Waals surface area (Å²) in [7, 11) is 0. The summed E-state index contributed by atoms with van der Waals surface area (Å²) in [4.78, 5) is 48.3. The van der Waals surface area contributed by atoms with Crippen LogP contribution in [0.1, 0.15) is 13.3 Å². The molecular formula is C16H16ClN4NaO7S2. The number of carbonyl (C=O) groups is 4. The van der Waals surface area contributed by atoms with Gasteiger partial charge in [0, 0.05) is 22.7 Å². The Morgan fingerprint density at radius 2 is 2.10 bits per heavy atom. The van der Waals surface area contributed by atoms with Gasteiger partial charge in [-0.25, -0.2) is 0 Å². The van der Waals surface area contributed by atoms with E-state index in [1.165, 1.54) is 30.8 Å². The van der Waals surface area contributed by atoms with Crippen LogP contribution < -0.4 is 44.8 Å². The summed E-state index contributed by atoms with van der Waals surface area (Å²) in [6.45, 7) is 1.26. The van der Waals surface area contributed by atoms with Gasteiger partial charge in [-0.2, -0.15) is 0 Å². The minimum absolute atomic E-state index is 0. The number of carboxylic acids is 1. The fourth-order valence-corrected chi connectivity index (χ4v) is 5.35. The fourth-order valence-electron chi connectivity index (χ4n) is 2.87. The maximum Gasteiger partial charge on any atom is 1.00 e. The number of Topliss-reactive ketones (excluding diaryl/α,β-unsaturated/α-hetero) is 1. The van der Waals surface area contributed by atoms with E-state index in [2.05, 4.69) is 10.4 Å². The van der Waals surface area contributed by atoms with Crippen molar-refractivity contribution in [1.82, 2.24) is 15.3 Å². The molecule has 1 fully saturated rings. The van der Waals surface area contributed by atoms with Gasteiger partial charge in [0.1, 0.15) is 17.2 Å². The average Bonchev–Trinajstić information content (AvgIpc) is 2.64. The Kier molecular flexibility index (Phi) is 10.3. The van der Waals surface area contributed by atoms with E-state index < -0.39 is 29.2 Å². The van der Waals surface area contributed by atoms with Crippen molar-refractivity contribution >= 4 is 58.7 Å². The largest absolute Gasteiger partial charge is 1.00 e. The quantitative estimate of drug-likeness (QED) is 0.0962. The van der Waals surface area contributed by atoms with Crippen LogP contribution in [0.15, 0.2) is 28.4 Å². The second-order valence-corrected chi connectivity index (χ2v) is 8.72. The molecule has 3 N–H and O–H groups in total. The average molecular weight is 499 g/mol. The number of amides is 2. The molecule has 31 heavy (non-hydrogen) atoms. The van der Waals surface area contributed by atoms with Gasteiger partial charge in [0.2, 0.25) is 5.91 Å². The molecule has 162 valence electrons. The van der Waals surface area contributed by atoms with E-state index in [0.29, 0.717) is 10.4 Å². The Morgan fingerprint density at radius 1 is 1.42 bits per heavy atom. The van der Waals surface area contributed by atoms with Gasteiger partial charge in [-0.1, -0.05) is 11.6 Å². The van der Waals surface area contributed by atoms with Crippen LogP contribution in [0.4, 0.5) is 0 Å². The maximum atomic E-state index is 12.4. The van der Waals surface area contributed by atoms with Gasteiger partial charge in [-0.3, -0.25) is 19.3 Å². The van der Waals surface area contributed by atoms with E-state index in [1.807, 2.05) is 0 Å². The molecule has 0 bridgehead atoms. The first kappa shape index (κ1) is 27.7. The van der Waals surface area contributed by atoms with Crippen molar-refractivity contribution in [3.8, 4) is 0 Å². The van der Waals surface area contributed by atoms with Crippen molar-refractivity contribution in [2.24, 2.45) is 0 Å². The SMILES string of the molecule is CC(=O)CC(=O)NC1C(=O)N2C(C(=O)[O-])=C(CSc3ccc(Cl)n[n+]3[O-])CS[C@@H]12.O.[Na+]. The topological polar surface area (TPSA) is 178 Å². The normalized spacial score (nSPS) is 19.4. The predicted octanol–water partition coefficient (Wildman–Crippen LogP) is -4.98. The zero-order valence-electron chi connectivity index (χ0n) is 16.4. The molecular weight excluding hydrogens is 483 g/mol. The Labute approximate surface area is 212 Å². The van der Waals surface area contributed by atoms with Crippen molar-refractivity contribution in [2.75, 3.05) is 11.5 Å².